The van der Waals surface area contributed by atoms with Gasteiger partial charge in [-0.25, -0.2) is 14.3 Å². The summed E-state index contributed by atoms with van der Waals surface area (Å²) in [6.07, 6.45) is 11.7. The van der Waals surface area contributed by atoms with Crippen LogP contribution in [-0.4, -0.2) is 68.4 Å². The molecule has 11 heteroatoms. The summed E-state index contributed by atoms with van der Waals surface area (Å²) in [7, 11) is 2.18. The fourth-order valence-corrected chi connectivity index (χ4v) is 6.75. The SMILES string of the molecule is CN1CCC(c2c[nH]c3ccc(Nc4ncc5c(=O)n6n(c5n4)-c4ccc5c(c4)N(CCCC=CC6)C(=O)CO5)cc23)CC1. The number of ether oxygens (including phenoxy) is 1. The summed E-state index contributed by atoms with van der Waals surface area (Å²) in [5.74, 6) is 1.51. The Hall–Kier alpha value is -4.90. The highest BCUT2D eigenvalue weighted by molar-refractivity contribution is 5.98. The molecule has 1 amide bonds. The molecule has 3 aromatic heterocycles. The predicted molar refractivity (Wildman–Crippen MR) is 170 cm³/mol. The monoisotopic (exact) mass is 590 g/mol. The number of hydrogen-bond donors (Lipinski definition) is 2. The third kappa shape index (κ3) is 4.55. The Morgan fingerprint density at radius 2 is 1.91 bits per heavy atom. The topological polar surface area (TPSA) is 113 Å². The van der Waals surface area contributed by atoms with Gasteiger partial charge in [-0.15, -0.1) is 0 Å². The summed E-state index contributed by atoms with van der Waals surface area (Å²) in [5, 5.41) is 5.02. The zero-order chi connectivity index (χ0) is 29.8. The molecule has 224 valence electrons. The molecule has 5 aromatic rings. The maximum atomic E-state index is 13.6. The molecule has 1 saturated heterocycles. The number of allylic oxidation sites excluding steroid dienone is 2. The Balaban J connectivity index is 1.20. The first-order valence-corrected chi connectivity index (χ1v) is 15.3. The molecule has 2 aromatic carbocycles. The molecule has 2 N–H and O–H groups in total. The highest BCUT2D eigenvalue weighted by Gasteiger charge is 2.27. The van der Waals surface area contributed by atoms with Crippen LogP contribution in [-0.2, 0) is 11.3 Å². The molecule has 0 saturated carbocycles. The van der Waals surface area contributed by atoms with Gasteiger partial charge >= 0.3 is 0 Å². The second-order valence-electron chi connectivity index (χ2n) is 11.9. The Kier molecular flexibility index (Phi) is 6.48. The molecule has 0 unspecified atom stereocenters. The smallest absolute Gasteiger partial charge is 0.278 e. The summed E-state index contributed by atoms with van der Waals surface area (Å²) in [5.41, 5.74) is 5.07. The van der Waals surface area contributed by atoms with E-state index in [2.05, 4.69) is 51.6 Å². The van der Waals surface area contributed by atoms with E-state index in [0.717, 1.165) is 50.0 Å². The molecule has 2 bridgehead atoms. The van der Waals surface area contributed by atoms with Gasteiger partial charge in [0.25, 0.3) is 11.5 Å². The highest BCUT2D eigenvalue weighted by Crippen LogP contribution is 2.36. The van der Waals surface area contributed by atoms with Crippen molar-refractivity contribution in [1.29, 1.82) is 0 Å². The van der Waals surface area contributed by atoms with Gasteiger partial charge in [-0.1, -0.05) is 12.2 Å². The first kappa shape index (κ1) is 26.7. The normalized spacial score (nSPS) is 17.8. The van der Waals surface area contributed by atoms with Crippen molar-refractivity contribution in [2.75, 3.05) is 43.5 Å². The lowest BCUT2D eigenvalue weighted by atomic mass is 9.89. The van der Waals surface area contributed by atoms with Crippen LogP contribution in [0, 0.1) is 0 Å². The van der Waals surface area contributed by atoms with E-state index in [1.807, 2.05) is 35.0 Å². The molecular weight excluding hydrogens is 556 g/mol. The third-order valence-corrected chi connectivity index (χ3v) is 9.13. The Morgan fingerprint density at radius 3 is 2.80 bits per heavy atom. The molecule has 0 radical (unpaired) electrons. The minimum atomic E-state index is -0.174. The van der Waals surface area contributed by atoms with E-state index in [1.54, 1.807) is 15.8 Å². The van der Waals surface area contributed by atoms with Gasteiger partial charge in [0.2, 0.25) is 5.95 Å². The second kappa shape index (κ2) is 10.7. The summed E-state index contributed by atoms with van der Waals surface area (Å²) in [6, 6.07) is 11.9. The van der Waals surface area contributed by atoms with Crippen molar-refractivity contribution in [1.82, 2.24) is 29.2 Å². The van der Waals surface area contributed by atoms with Gasteiger partial charge < -0.3 is 24.8 Å². The largest absolute Gasteiger partial charge is 0.482 e. The van der Waals surface area contributed by atoms with Gasteiger partial charge in [-0.2, -0.15) is 4.98 Å². The van der Waals surface area contributed by atoms with E-state index in [9.17, 15) is 9.59 Å². The number of rotatable bonds is 3. The number of nitrogens with one attached hydrogen (secondary N) is 2. The van der Waals surface area contributed by atoms with Crippen LogP contribution in [0.25, 0.3) is 27.6 Å². The van der Waals surface area contributed by atoms with Crippen LogP contribution in [0.2, 0.25) is 0 Å². The number of fused-ring (bicyclic) bond motifs is 6. The minimum Gasteiger partial charge on any atom is -0.482 e. The van der Waals surface area contributed by atoms with Gasteiger partial charge in [0.1, 0.15) is 11.1 Å². The molecule has 0 aliphatic carbocycles. The average molecular weight is 591 g/mol. The minimum absolute atomic E-state index is 0.0235. The van der Waals surface area contributed by atoms with Crippen molar-refractivity contribution in [3.8, 4) is 11.4 Å². The number of amides is 1. The third-order valence-electron chi connectivity index (χ3n) is 9.13. The molecular formula is C33H34N8O3. The number of piperidine rings is 1. The number of carbonyl (C=O) groups is 1. The standard InChI is InChI=1S/C33H34N8O3/c1-38-14-10-21(11-15-38)25-18-34-27-8-6-22(16-24(25)27)36-33-35-19-26-31(37-33)41-23-7-9-29-28(17-23)39(30(42)20-44-29)12-4-2-3-5-13-40(41)32(26)43/h3,5-9,16-19,21,34H,2,4,10-15,20H2,1H3,(H,35,36,37). The summed E-state index contributed by atoms with van der Waals surface area (Å²) < 4.78 is 9.23. The molecule has 44 heavy (non-hydrogen) atoms. The molecule has 3 aliphatic rings. The Bertz CT molecular complexity index is 2000. The second-order valence-corrected chi connectivity index (χ2v) is 11.9. The maximum absolute atomic E-state index is 13.6. The van der Waals surface area contributed by atoms with Crippen LogP contribution in [0.4, 0.5) is 17.3 Å². The fourth-order valence-electron chi connectivity index (χ4n) is 6.75. The van der Waals surface area contributed by atoms with Crippen LogP contribution in [0.3, 0.4) is 0 Å². The zero-order valence-electron chi connectivity index (χ0n) is 24.6. The number of H-pyrrole nitrogens is 1. The van der Waals surface area contributed by atoms with Crippen LogP contribution in [0.1, 0.15) is 37.2 Å². The molecule has 3 aliphatic heterocycles. The van der Waals surface area contributed by atoms with Crippen LogP contribution in [0.15, 0.2) is 65.7 Å². The van der Waals surface area contributed by atoms with Crippen LogP contribution in [0.5, 0.6) is 5.75 Å². The van der Waals surface area contributed by atoms with E-state index in [4.69, 9.17) is 9.72 Å². The highest BCUT2D eigenvalue weighted by atomic mass is 16.5. The first-order valence-electron chi connectivity index (χ1n) is 15.3. The number of likely N-dealkylation sites (tertiary alicyclic amines) is 1. The zero-order valence-corrected chi connectivity index (χ0v) is 24.6. The van der Waals surface area contributed by atoms with Gasteiger partial charge in [-0.05, 0) is 93.7 Å². The van der Waals surface area contributed by atoms with E-state index in [-0.39, 0.29) is 18.1 Å². The molecule has 11 nitrogen and oxygen atoms in total. The van der Waals surface area contributed by atoms with Crippen LogP contribution < -0.4 is 20.5 Å². The Morgan fingerprint density at radius 1 is 1.02 bits per heavy atom. The number of aromatic nitrogens is 5. The molecule has 8 rings (SSSR count). The van der Waals surface area contributed by atoms with Crippen molar-refractivity contribution in [2.24, 2.45) is 0 Å². The van der Waals surface area contributed by atoms with Crippen molar-refractivity contribution >= 4 is 45.2 Å². The first-order chi connectivity index (χ1) is 21.5. The van der Waals surface area contributed by atoms with Crippen LogP contribution >= 0.6 is 0 Å². The summed E-state index contributed by atoms with van der Waals surface area (Å²) in [6.45, 7) is 3.22. The maximum Gasteiger partial charge on any atom is 0.278 e. The molecule has 1 fully saturated rings. The fraction of sp³-hybridized carbons (Fsp3) is 0.333. The Labute approximate surface area is 253 Å². The van der Waals surface area contributed by atoms with E-state index in [0.29, 0.717) is 53.1 Å². The number of hydrogen-bond acceptors (Lipinski definition) is 7. The summed E-state index contributed by atoms with van der Waals surface area (Å²) >= 11 is 0. The van der Waals surface area contributed by atoms with Crippen molar-refractivity contribution in [3.63, 3.8) is 0 Å². The number of anilines is 3. The van der Waals surface area contributed by atoms with Gasteiger partial charge in [0.05, 0.1) is 17.9 Å². The number of aromatic amines is 1. The van der Waals surface area contributed by atoms with Gasteiger partial charge in [0.15, 0.2) is 12.3 Å². The van der Waals surface area contributed by atoms with E-state index < -0.39 is 0 Å². The summed E-state index contributed by atoms with van der Waals surface area (Å²) in [4.78, 5) is 43.5. The van der Waals surface area contributed by atoms with E-state index >= 15 is 0 Å². The molecule has 0 atom stereocenters. The predicted octanol–water partition coefficient (Wildman–Crippen LogP) is 4.69. The molecule has 6 heterocycles. The lowest BCUT2D eigenvalue weighted by molar-refractivity contribution is -0.121. The van der Waals surface area contributed by atoms with Crippen molar-refractivity contribution < 1.29 is 9.53 Å². The average Bonchev–Trinajstić information content (AvgIpc) is 3.57. The van der Waals surface area contributed by atoms with Gasteiger partial charge in [-0.3, -0.25) is 9.59 Å². The van der Waals surface area contributed by atoms with Crippen molar-refractivity contribution in [2.45, 2.75) is 38.1 Å². The number of carbonyl (C=O) groups excluding carboxylic acids is 1. The quantitative estimate of drug-likeness (QED) is 0.293. The van der Waals surface area contributed by atoms with E-state index in [1.165, 1.54) is 10.9 Å². The lowest BCUT2D eigenvalue weighted by Gasteiger charge is -2.30. The number of nitrogens with zero attached hydrogens (tertiary/aromatic N) is 6. The lowest BCUT2D eigenvalue weighted by Crippen LogP contribution is -2.39. The number of benzene rings is 2. The van der Waals surface area contributed by atoms with Crippen molar-refractivity contribution in [3.05, 3.63) is 76.9 Å². The molecule has 0 spiro atoms. The van der Waals surface area contributed by atoms with Gasteiger partial charge in [0, 0.05) is 35.5 Å².